The fourth-order valence-corrected chi connectivity index (χ4v) is 4.61. The second kappa shape index (κ2) is 8.33. The van der Waals surface area contributed by atoms with E-state index >= 15 is 0 Å². The third-order valence-electron chi connectivity index (χ3n) is 6.27. The van der Waals surface area contributed by atoms with Crippen LogP contribution in [-0.2, 0) is 16.1 Å². The van der Waals surface area contributed by atoms with E-state index in [0.717, 1.165) is 29.9 Å². The van der Waals surface area contributed by atoms with Gasteiger partial charge in [0.15, 0.2) is 0 Å². The van der Waals surface area contributed by atoms with E-state index in [2.05, 4.69) is 10.3 Å². The molecule has 2 aromatic heterocycles. The highest BCUT2D eigenvalue weighted by Gasteiger charge is 2.34. The third-order valence-corrected chi connectivity index (χ3v) is 6.27. The van der Waals surface area contributed by atoms with E-state index in [4.69, 9.17) is 0 Å². The Morgan fingerprint density at radius 2 is 1.96 bits per heavy atom. The Morgan fingerprint density at radius 1 is 1.18 bits per heavy atom. The monoisotopic (exact) mass is 382 g/mol. The lowest BCUT2D eigenvalue weighted by Gasteiger charge is -2.37. The molecule has 1 N–H and O–H groups in total. The Kier molecular flexibility index (Phi) is 5.64. The summed E-state index contributed by atoms with van der Waals surface area (Å²) >= 11 is 0. The van der Waals surface area contributed by atoms with Crippen molar-refractivity contribution in [3.05, 3.63) is 35.8 Å². The molecule has 1 atom stereocenters. The van der Waals surface area contributed by atoms with E-state index in [1.807, 2.05) is 40.6 Å². The van der Waals surface area contributed by atoms with E-state index in [0.29, 0.717) is 32.0 Å². The van der Waals surface area contributed by atoms with Crippen LogP contribution < -0.4 is 5.32 Å². The average Bonchev–Trinajstić information content (AvgIpc) is 2.93. The first kappa shape index (κ1) is 19.0. The van der Waals surface area contributed by atoms with Crippen molar-refractivity contribution in [2.75, 3.05) is 6.54 Å². The number of piperidine rings is 1. The van der Waals surface area contributed by atoms with Gasteiger partial charge >= 0.3 is 0 Å². The van der Waals surface area contributed by atoms with Crippen molar-refractivity contribution in [1.82, 2.24) is 19.6 Å². The molecule has 28 heavy (non-hydrogen) atoms. The zero-order valence-corrected chi connectivity index (χ0v) is 16.7. The van der Waals surface area contributed by atoms with Gasteiger partial charge in [-0.3, -0.25) is 9.59 Å². The molecular weight excluding hydrogens is 352 g/mol. The summed E-state index contributed by atoms with van der Waals surface area (Å²) in [4.78, 5) is 31.8. The Labute approximate surface area is 166 Å². The molecule has 2 amide bonds. The Balaban J connectivity index is 1.37. The number of rotatable bonds is 4. The highest BCUT2D eigenvalue weighted by atomic mass is 16.2. The van der Waals surface area contributed by atoms with Crippen LogP contribution >= 0.6 is 0 Å². The van der Waals surface area contributed by atoms with Crippen molar-refractivity contribution in [1.29, 1.82) is 0 Å². The van der Waals surface area contributed by atoms with Gasteiger partial charge in [-0.05, 0) is 38.3 Å². The highest BCUT2D eigenvalue weighted by Crippen LogP contribution is 2.27. The predicted octanol–water partition coefficient (Wildman–Crippen LogP) is 3.22. The van der Waals surface area contributed by atoms with Crippen LogP contribution in [0.3, 0.4) is 0 Å². The lowest BCUT2D eigenvalue weighted by molar-refractivity contribution is -0.141. The van der Waals surface area contributed by atoms with Gasteiger partial charge in [-0.25, -0.2) is 4.98 Å². The summed E-state index contributed by atoms with van der Waals surface area (Å²) in [7, 11) is 0. The van der Waals surface area contributed by atoms with Gasteiger partial charge in [-0.1, -0.05) is 31.7 Å². The van der Waals surface area contributed by atoms with Crippen LogP contribution in [0.1, 0.15) is 62.8 Å². The van der Waals surface area contributed by atoms with Gasteiger partial charge in [0, 0.05) is 30.9 Å². The molecule has 0 spiro atoms. The number of aromatic nitrogens is 2. The number of pyridine rings is 1. The number of hydrogen-bond donors (Lipinski definition) is 1. The molecule has 6 nitrogen and oxygen atoms in total. The Hall–Kier alpha value is -2.37. The lowest BCUT2D eigenvalue weighted by atomic mass is 9.93. The van der Waals surface area contributed by atoms with E-state index in [9.17, 15) is 9.59 Å². The van der Waals surface area contributed by atoms with Gasteiger partial charge in [0.25, 0.3) is 0 Å². The fourth-order valence-electron chi connectivity index (χ4n) is 4.61. The van der Waals surface area contributed by atoms with Gasteiger partial charge in [0.05, 0.1) is 18.2 Å². The molecule has 1 saturated carbocycles. The highest BCUT2D eigenvalue weighted by molar-refractivity contribution is 5.84. The first-order valence-corrected chi connectivity index (χ1v) is 10.6. The number of imidazole rings is 1. The summed E-state index contributed by atoms with van der Waals surface area (Å²) in [5.41, 5.74) is 2.87. The van der Waals surface area contributed by atoms with Crippen molar-refractivity contribution in [3.63, 3.8) is 0 Å². The van der Waals surface area contributed by atoms with Crippen LogP contribution in [0.15, 0.2) is 24.4 Å². The minimum absolute atomic E-state index is 0.0416. The zero-order chi connectivity index (χ0) is 19.5. The lowest BCUT2D eigenvalue weighted by Crippen LogP contribution is -2.49. The molecule has 2 fully saturated rings. The Morgan fingerprint density at radius 3 is 2.71 bits per heavy atom. The third kappa shape index (κ3) is 4.05. The molecule has 150 valence electrons. The van der Waals surface area contributed by atoms with Crippen LogP contribution in [-0.4, -0.2) is 38.7 Å². The number of carbonyl (C=O) groups excluding carboxylic acids is 2. The number of nitrogens with one attached hydrogen (secondary N) is 1. The van der Waals surface area contributed by atoms with Crippen molar-refractivity contribution in [2.45, 2.75) is 70.9 Å². The molecule has 4 rings (SSSR count). The van der Waals surface area contributed by atoms with Gasteiger partial charge < -0.3 is 14.6 Å². The van der Waals surface area contributed by atoms with Gasteiger partial charge in [0.1, 0.15) is 5.65 Å². The Bertz CT molecular complexity index is 851. The maximum Gasteiger partial charge on any atom is 0.225 e. The maximum atomic E-state index is 12.8. The fraction of sp³-hybridized carbons (Fsp3) is 0.591. The SMILES string of the molecule is Cc1cccc2nc(CNC(=O)[C@H]3CCC(=O)N(C4CCCCCC4)C3)cn12. The number of carbonyl (C=O) groups is 2. The molecule has 1 aliphatic carbocycles. The largest absolute Gasteiger partial charge is 0.350 e. The molecule has 0 aromatic carbocycles. The topological polar surface area (TPSA) is 66.7 Å². The second-order valence-corrected chi connectivity index (χ2v) is 8.27. The normalized spacial score (nSPS) is 21.7. The molecule has 1 saturated heterocycles. The first-order chi connectivity index (χ1) is 13.6. The summed E-state index contributed by atoms with van der Waals surface area (Å²) in [6, 6.07) is 6.32. The zero-order valence-electron chi connectivity index (χ0n) is 16.7. The standard InChI is InChI=1S/C22H30N4O2/c1-16-7-6-10-20-24-18(15-25(16)20)13-23-22(28)17-11-12-21(27)26(14-17)19-8-4-2-3-5-9-19/h6-7,10,15,17,19H,2-5,8-9,11-14H2,1H3,(H,23,28)/t17-/m0/s1. The summed E-state index contributed by atoms with van der Waals surface area (Å²) in [6.07, 6.45) is 10.2. The van der Waals surface area contributed by atoms with Crippen LogP contribution in [0.4, 0.5) is 0 Å². The summed E-state index contributed by atoms with van der Waals surface area (Å²) in [5, 5.41) is 3.05. The summed E-state index contributed by atoms with van der Waals surface area (Å²) in [5.74, 6) is 0.159. The quantitative estimate of drug-likeness (QED) is 0.826. The summed E-state index contributed by atoms with van der Waals surface area (Å²) < 4.78 is 2.04. The molecule has 2 aliphatic rings. The number of amides is 2. The van der Waals surface area contributed by atoms with Crippen molar-refractivity contribution < 1.29 is 9.59 Å². The second-order valence-electron chi connectivity index (χ2n) is 8.27. The number of aryl methyl sites for hydroxylation is 1. The first-order valence-electron chi connectivity index (χ1n) is 10.6. The van der Waals surface area contributed by atoms with Crippen LogP contribution in [0.5, 0.6) is 0 Å². The van der Waals surface area contributed by atoms with Gasteiger partial charge in [0.2, 0.25) is 11.8 Å². The van der Waals surface area contributed by atoms with Crippen LogP contribution in [0.25, 0.3) is 5.65 Å². The molecule has 0 unspecified atom stereocenters. The number of fused-ring (bicyclic) bond motifs is 1. The van der Waals surface area contributed by atoms with Crippen molar-refractivity contribution in [3.8, 4) is 0 Å². The minimum atomic E-state index is -0.111. The van der Waals surface area contributed by atoms with Crippen LogP contribution in [0.2, 0.25) is 0 Å². The van der Waals surface area contributed by atoms with E-state index in [-0.39, 0.29) is 17.7 Å². The molecule has 1 aliphatic heterocycles. The molecule has 6 heteroatoms. The molecule has 0 bridgehead atoms. The number of hydrogen-bond acceptors (Lipinski definition) is 3. The number of likely N-dealkylation sites (tertiary alicyclic amines) is 1. The van der Waals surface area contributed by atoms with E-state index in [1.54, 1.807) is 0 Å². The van der Waals surface area contributed by atoms with Crippen LogP contribution in [0, 0.1) is 12.8 Å². The summed E-state index contributed by atoms with van der Waals surface area (Å²) in [6.45, 7) is 3.03. The van der Waals surface area contributed by atoms with Crippen molar-refractivity contribution >= 4 is 17.5 Å². The van der Waals surface area contributed by atoms with E-state index < -0.39 is 0 Å². The van der Waals surface area contributed by atoms with Crippen molar-refractivity contribution in [2.24, 2.45) is 5.92 Å². The molecule has 0 radical (unpaired) electrons. The maximum absolute atomic E-state index is 12.8. The van der Waals surface area contributed by atoms with Gasteiger partial charge in [-0.15, -0.1) is 0 Å². The molecule has 3 heterocycles. The van der Waals surface area contributed by atoms with E-state index in [1.165, 1.54) is 25.7 Å². The van der Waals surface area contributed by atoms with Gasteiger partial charge in [-0.2, -0.15) is 0 Å². The molecule has 2 aromatic rings. The predicted molar refractivity (Wildman–Crippen MR) is 108 cm³/mol. The average molecular weight is 383 g/mol. The smallest absolute Gasteiger partial charge is 0.225 e. The molecular formula is C22H30N4O2. The number of nitrogens with zero attached hydrogens (tertiary/aromatic N) is 3. The minimum Gasteiger partial charge on any atom is -0.350 e.